The highest BCUT2D eigenvalue weighted by molar-refractivity contribution is 5.76. The largest absolute Gasteiger partial charge is 0.481 e. The molecule has 0 saturated heterocycles. The molecule has 0 heterocycles. The molecule has 0 aromatic heterocycles. The molecule has 0 unspecified atom stereocenters. The van der Waals surface area contributed by atoms with Gasteiger partial charge in [0.05, 0.1) is 57.9 Å². The van der Waals surface area contributed by atoms with E-state index in [1.165, 1.54) is 0 Å². The van der Waals surface area contributed by atoms with Crippen molar-refractivity contribution >= 4 is 17.9 Å². The van der Waals surface area contributed by atoms with Crippen molar-refractivity contribution in [3.63, 3.8) is 0 Å². The van der Waals surface area contributed by atoms with E-state index in [1.54, 1.807) is 0 Å². The highest BCUT2D eigenvalue weighted by Crippen LogP contribution is 1.94. The lowest BCUT2D eigenvalue weighted by Gasteiger charge is -2.17. The minimum absolute atomic E-state index is 0.0108. The summed E-state index contributed by atoms with van der Waals surface area (Å²) >= 11 is 0. The van der Waals surface area contributed by atoms with Crippen LogP contribution in [0.1, 0.15) is 12.8 Å². The molecule has 0 spiro atoms. The summed E-state index contributed by atoms with van der Waals surface area (Å²) in [5, 5.41) is 42.0. The van der Waals surface area contributed by atoms with Gasteiger partial charge in [0.1, 0.15) is 0 Å². The molecule has 0 bridgehead atoms. The van der Waals surface area contributed by atoms with Gasteiger partial charge in [0.15, 0.2) is 6.61 Å². The second kappa shape index (κ2) is 19.4. The number of carboxylic acids is 2. The number of rotatable bonds is 15. The maximum atomic E-state index is 10.5. The first-order valence-electron chi connectivity index (χ1n) is 7.14. The summed E-state index contributed by atoms with van der Waals surface area (Å²) in [4.78, 5) is 52.3. The fourth-order valence-electron chi connectivity index (χ4n) is 0.854. The van der Waals surface area contributed by atoms with Crippen molar-refractivity contribution in [2.75, 3.05) is 46.2 Å². The lowest BCUT2D eigenvalue weighted by Crippen LogP contribution is -2.28. The number of nitrogens with zero attached hydrogens (tertiary/aromatic N) is 1. The SMILES string of the molecule is O=C(O)CCC(=O)OOCC(=O)O.OCCON(OCCO)OCCO. The molecule has 0 radical (unpaired) electrons. The molecule has 0 aliphatic heterocycles. The molecule has 0 aliphatic carbocycles. The Morgan fingerprint density at radius 1 is 0.731 bits per heavy atom. The van der Waals surface area contributed by atoms with Crippen molar-refractivity contribution in [1.82, 2.24) is 5.39 Å². The monoisotopic (exact) mass is 389 g/mol. The predicted molar refractivity (Wildman–Crippen MR) is 77.5 cm³/mol. The zero-order valence-corrected chi connectivity index (χ0v) is 13.8. The zero-order chi connectivity index (χ0) is 20.2. The van der Waals surface area contributed by atoms with Crippen molar-refractivity contribution in [3.05, 3.63) is 0 Å². The van der Waals surface area contributed by atoms with Crippen LogP contribution in [-0.4, -0.2) is 95.1 Å². The summed E-state index contributed by atoms with van der Waals surface area (Å²) in [6, 6.07) is 0. The van der Waals surface area contributed by atoms with E-state index in [-0.39, 0.29) is 52.5 Å². The van der Waals surface area contributed by atoms with Gasteiger partial charge in [0.2, 0.25) is 0 Å². The molecule has 14 nitrogen and oxygen atoms in total. The number of hydrogen-bond acceptors (Lipinski definition) is 12. The van der Waals surface area contributed by atoms with Gasteiger partial charge in [-0.2, -0.15) is 4.89 Å². The quantitative estimate of drug-likeness (QED) is 0.145. The Bertz CT molecular complexity index is 359. The van der Waals surface area contributed by atoms with E-state index in [1.807, 2.05) is 0 Å². The lowest BCUT2D eigenvalue weighted by molar-refractivity contribution is -0.527. The summed E-state index contributed by atoms with van der Waals surface area (Å²) < 4.78 is 0. The van der Waals surface area contributed by atoms with Crippen molar-refractivity contribution in [2.45, 2.75) is 12.8 Å². The summed E-state index contributed by atoms with van der Waals surface area (Å²) in [7, 11) is 0. The maximum absolute atomic E-state index is 10.5. The molecule has 154 valence electrons. The molecule has 26 heavy (non-hydrogen) atoms. The van der Waals surface area contributed by atoms with E-state index < -0.39 is 24.5 Å². The first kappa shape index (κ1) is 26.3. The third kappa shape index (κ3) is 22.1. The molecule has 14 heteroatoms. The Morgan fingerprint density at radius 2 is 1.19 bits per heavy atom. The van der Waals surface area contributed by atoms with Crippen LogP contribution in [0.15, 0.2) is 0 Å². The van der Waals surface area contributed by atoms with Crippen LogP contribution in [0, 0.1) is 0 Å². The van der Waals surface area contributed by atoms with E-state index in [4.69, 9.17) is 40.0 Å². The van der Waals surface area contributed by atoms with Gasteiger partial charge in [-0.3, -0.25) is 9.68 Å². The van der Waals surface area contributed by atoms with E-state index in [9.17, 15) is 14.4 Å². The molecular formula is C12H23NO13. The number of hydrogen-bond donors (Lipinski definition) is 5. The van der Waals surface area contributed by atoms with E-state index in [2.05, 4.69) is 9.78 Å². The number of aliphatic hydroxyl groups excluding tert-OH is 3. The average molecular weight is 389 g/mol. The highest BCUT2D eigenvalue weighted by atomic mass is 17.2. The molecule has 5 N–H and O–H groups in total. The van der Waals surface area contributed by atoms with Gasteiger partial charge in [-0.15, -0.1) is 0 Å². The zero-order valence-electron chi connectivity index (χ0n) is 13.8. The van der Waals surface area contributed by atoms with E-state index in [0.717, 1.165) is 0 Å². The Kier molecular flexibility index (Phi) is 19.7. The fourth-order valence-corrected chi connectivity index (χ4v) is 0.854. The maximum Gasteiger partial charge on any atom is 0.342 e. The third-order valence-electron chi connectivity index (χ3n) is 1.74. The van der Waals surface area contributed by atoms with Crippen LogP contribution < -0.4 is 0 Å². The predicted octanol–water partition coefficient (Wildman–Crippen LogP) is -2.53. The van der Waals surface area contributed by atoms with Gasteiger partial charge in [0.25, 0.3) is 0 Å². The van der Waals surface area contributed by atoms with E-state index >= 15 is 0 Å². The number of aliphatic hydroxyl groups is 3. The van der Waals surface area contributed by atoms with Crippen molar-refractivity contribution in [1.29, 1.82) is 0 Å². The molecule has 0 saturated carbocycles. The van der Waals surface area contributed by atoms with Gasteiger partial charge in [-0.1, -0.05) is 0 Å². The molecule has 0 aliphatic rings. The second-order valence-electron chi connectivity index (χ2n) is 3.90. The lowest BCUT2D eigenvalue weighted by atomic mass is 10.3. The topological polar surface area (TPSA) is 202 Å². The molecule has 0 amide bonds. The molecule has 0 fully saturated rings. The number of carbonyl (C=O) groups excluding carboxylic acids is 1. The summed E-state index contributed by atoms with van der Waals surface area (Å²) in [5.74, 6) is -3.34. The minimum atomic E-state index is -1.29. The number of aliphatic carboxylic acids is 2. The average Bonchev–Trinajstić information content (AvgIpc) is 2.59. The van der Waals surface area contributed by atoms with Gasteiger partial charge < -0.3 is 25.5 Å². The first-order chi connectivity index (χ1) is 12.4. The smallest absolute Gasteiger partial charge is 0.342 e. The van der Waals surface area contributed by atoms with Gasteiger partial charge in [-0.25, -0.2) is 24.1 Å². The van der Waals surface area contributed by atoms with Gasteiger partial charge in [0, 0.05) is 0 Å². The third-order valence-corrected chi connectivity index (χ3v) is 1.74. The molecule has 0 aromatic carbocycles. The van der Waals surface area contributed by atoms with Gasteiger partial charge in [-0.05, 0) is 0 Å². The van der Waals surface area contributed by atoms with Crippen LogP contribution >= 0.6 is 0 Å². The standard InChI is InChI=1S/C6H15NO6.C6H8O7/c8-1-4-11-7(12-5-2-9)13-6-3-10;7-4(8)1-2-6(11)13-12-3-5(9)10/h8-10H,1-6H2;1-3H2,(H,7,8)(H,9,10). The van der Waals surface area contributed by atoms with Crippen LogP contribution in [-0.2, 0) is 38.7 Å². The molecule has 0 atom stereocenters. The Hall–Kier alpha value is -1.91. The van der Waals surface area contributed by atoms with Crippen molar-refractivity contribution in [3.8, 4) is 0 Å². The van der Waals surface area contributed by atoms with Crippen LogP contribution in [0.5, 0.6) is 0 Å². The van der Waals surface area contributed by atoms with E-state index in [0.29, 0.717) is 5.39 Å². The van der Waals surface area contributed by atoms with Crippen LogP contribution in [0.2, 0.25) is 0 Å². The summed E-state index contributed by atoms with van der Waals surface area (Å²) in [6.45, 7) is -1.27. The van der Waals surface area contributed by atoms with Crippen LogP contribution in [0.4, 0.5) is 0 Å². The molecule has 0 aromatic rings. The Morgan fingerprint density at radius 3 is 1.54 bits per heavy atom. The number of carboxylic acid groups (broad SMARTS) is 2. The van der Waals surface area contributed by atoms with Crippen molar-refractivity contribution < 1.29 is 64.2 Å². The van der Waals surface area contributed by atoms with Crippen LogP contribution in [0.25, 0.3) is 0 Å². The molecule has 0 rings (SSSR count). The van der Waals surface area contributed by atoms with Crippen molar-refractivity contribution in [2.24, 2.45) is 0 Å². The van der Waals surface area contributed by atoms with Gasteiger partial charge >= 0.3 is 17.9 Å². The van der Waals surface area contributed by atoms with Crippen LogP contribution in [0.3, 0.4) is 0 Å². The number of carbonyl (C=O) groups is 3. The fraction of sp³-hybridized carbons (Fsp3) is 0.750. The molecular weight excluding hydrogens is 366 g/mol. The highest BCUT2D eigenvalue weighted by Gasteiger charge is 2.08. The Labute approximate surface area is 147 Å². The first-order valence-corrected chi connectivity index (χ1v) is 7.14. The Balaban J connectivity index is 0. The summed E-state index contributed by atoms with van der Waals surface area (Å²) in [5.41, 5.74) is 0. The normalized spacial score (nSPS) is 10.2. The summed E-state index contributed by atoms with van der Waals surface area (Å²) in [6.07, 6.45) is -0.732. The second-order valence-corrected chi connectivity index (χ2v) is 3.90. The minimum Gasteiger partial charge on any atom is -0.481 e.